The van der Waals surface area contributed by atoms with Gasteiger partial charge in [-0.05, 0) is 37.5 Å². The lowest BCUT2D eigenvalue weighted by atomic mass is 9.81. The molecule has 2 heteroatoms. The van der Waals surface area contributed by atoms with E-state index in [9.17, 15) is 5.11 Å². The number of rotatable bonds is 1. The molecule has 0 radical (unpaired) electrons. The van der Waals surface area contributed by atoms with E-state index in [0.29, 0.717) is 0 Å². The molecule has 1 saturated carbocycles. The summed E-state index contributed by atoms with van der Waals surface area (Å²) in [5, 5.41) is 9.76. The van der Waals surface area contributed by atoms with Crippen molar-refractivity contribution in [3.8, 4) is 0 Å². The van der Waals surface area contributed by atoms with Gasteiger partial charge in [0.1, 0.15) is 0 Å². The number of hydrogen-bond donors (Lipinski definition) is 1. The minimum atomic E-state index is -0.0228. The van der Waals surface area contributed by atoms with E-state index >= 15 is 0 Å². The van der Waals surface area contributed by atoms with Gasteiger partial charge < -0.3 is 9.84 Å². The van der Waals surface area contributed by atoms with Gasteiger partial charge in [-0.25, -0.2) is 0 Å². The molecule has 0 bridgehead atoms. The van der Waals surface area contributed by atoms with Gasteiger partial charge in [0.2, 0.25) is 0 Å². The maximum atomic E-state index is 9.76. The Kier molecular flexibility index (Phi) is 3.82. The van der Waals surface area contributed by atoms with Gasteiger partial charge in [-0.15, -0.1) is 0 Å². The van der Waals surface area contributed by atoms with Crippen molar-refractivity contribution < 1.29 is 9.84 Å². The van der Waals surface area contributed by atoms with Crippen LogP contribution in [0.15, 0.2) is 0 Å². The Morgan fingerprint density at radius 1 is 0.857 bits per heavy atom. The van der Waals surface area contributed by atoms with Crippen LogP contribution in [0, 0.1) is 11.8 Å². The smallest absolute Gasteiger partial charge is 0.0543 e. The van der Waals surface area contributed by atoms with E-state index in [4.69, 9.17) is 4.74 Å². The highest BCUT2D eigenvalue weighted by atomic mass is 16.5. The molecular formula is C12H22O2. The Bertz CT molecular complexity index is 164. The van der Waals surface area contributed by atoms with Gasteiger partial charge in [-0.3, -0.25) is 0 Å². The normalized spacial score (nSPS) is 36.6. The molecule has 1 aliphatic carbocycles. The van der Waals surface area contributed by atoms with Gasteiger partial charge in [0.25, 0.3) is 0 Å². The lowest BCUT2D eigenvalue weighted by Gasteiger charge is -2.30. The lowest BCUT2D eigenvalue weighted by molar-refractivity contribution is 0.0334. The van der Waals surface area contributed by atoms with Crippen molar-refractivity contribution in [1.82, 2.24) is 0 Å². The molecule has 0 aromatic heterocycles. The van der Waals surface area contributed by atoms with E-state index in [1.165, 1.54) is 32.1 Å². The minimum Gasteiger partial charge on any atom is -0.393 e. The second kappa shape index (κ2) is 5.13. The minimum absolute atomic E-state index is 0.0228. The highest BCUT2D eigenvalue weighted by Crippen LogP contribution is 2.34. The van der Waals surface area contributed by atoms with Gasteiger partial charge in [0, 0.05) is 13.2 Å². The maximum absolute atomic E-state index is 9.76. The Balaban J connectivity index is 1.87. The summed E-state index contributed by atoms with van der Waals surface area (Å²) in [4.78, 5) is 0. The van der Waals surface area contributed by atoms with Crippen LogP contribution in [0.25, 0.3) is 0 Å². The van der Waals surface area contributed by atoms with Crippen molar-refractivity contribution in [1.29, 1.82) is 0 Å². The molecule has 1 N–H and O–H groups in total. The van der Waals surface area contributed by atoms with Crippen molar-refractivity contribution in [2.75, 3.05) is 13.2 Å². The summed E-state index contributed by atoms with van der Waals surface area (Å²) in [5.74, 6) is 1.60. The molecule has 14 heavy (non-hydrogen) atoms. The van der Waals surface area contributed by atoms with Crippen LogP contribution < -0.4 is 0 Å². The zero-order valence-corrected chi connectivity index (χ0v) is 8.95. The average molecular weight is 198 g/mol. The summed E-state index contributed by atoms with van der Waals surface area (Å²) in [6.45, 7) is 1.88. The Hall–Kier alpha value is -0.0800. The highest BCUT2D eigenvalue weighted by molar-refractivity contribution is 4.78. The molecule has 1 heterocycles. The Labute approximate surface area is 86.6 Å². The van der Waals surface area contributed by atoms with E-state index in [-0.39, 0.29) is 6.10 Å². The molecule has 2 aliphatic rings. The monoisotopic (exact) mass is 198 g/mol. The zero-order valence-electron chi connectivity index (χ0n) is 8.95. The Morgan fingerprint density at radius 2 is 1.57 bits per heavy atom. The van der Waals surface area contributed by atoms with Crippen LogP contribution in [0.5, 0.6) is 0 Å². The average Bonchev–Trinajstić information content (AvgIpc) is 2.44. The number of aliphatic hydroxyl groups excluding tert-OH is 1. The van der Waals surface area contributed by atoms with Gasteiger partial charge in [0.15, 0.2) is 0 Å². The van der Waals surface area contributed by atoms with Gasteiger partial charge in [-0.2, -0.15) is 0 Å². The van der Waals surface area contributed by atoms with Gasteiger partial charge in [-0.1, -0.05) is 19.3 Å². The fourth-order valence-corrected chi connectivity index (χ4v) is 2.99. The molecule has 2 nitrogen and oxygen atoms in total. The third kappa shape index (κ3) is 2.71. The topological polar surface area (TPSA) is 29.5 Å². The van der Waals surface area contributed by atoms with Crippen molar-refractivity contribution in [2.45, 2.75) is 51.0 Å². The highest BCUT2D eigenvalue weighted by Gasteiger charge is 2.27. The number of hydrogen-bond acceptors (Lipinski definition) is 2. The van der Waals surface area contributed by atoms with Crippen molar-refractivity contribution >= 4 is 0 Å². The quantitative estimate of drug-likeness (QED) is 0.655. The standard InChI is InChI=1S/C12H22O2/c13-12-4-2-1-3-11(9-12)10-5-7-14-8-6-10/h10-13H,1-9H2. The van der Waals surface area contributed by atoms with Crippen molar-refractivity contribution in [3.05, 3.63) is 0 Å². The van der Waals surface area contributed by atoms with Crippen LogP contribution in [0.1, 0.15) is 44.9 Å². The summed E-state index contributed by atoms with van der Waals surface area (Å²) >= 11 is 0. The van der Waals surface area contributed by atoms with Crippen LogP contribution in [-0.4, -0.2) is 24.4 Å². The molecule has 0 spiro atoms. The SMILES string of the molecule is OC1CCCCC(C2CCOCC2)C1. The molecule has 0 aromatic carbocycles. The fourth-order valence-electron chi connectivity index (χ4n) is 2.99. The molecule has 2 rings (SSSR count). The Morgan fingerprint density at radius 3 is 2.36 bits per heavy atom. The van der Waals surface area contributed by atoms with Crippen LogP contribution >= 0.6 is 0 Å². The van der Waals surface area contributed by atoms with E-state index in [2.05, 4.69) is 0 Å². The molecule has 2 unspecified atom stereocenters. The van der Waals surface area contributed by atoms with Crippen LogP contribution in [-0.2, 0) is 4.74 Å². The van der Waals surface area contributed by atoms with Gasteiger partial charge >= 0.3 is 0 Å². The summed E-state index contributed by atoms with van der Waals surface area (Å²) in [5.41, 5.74) is 0. The number of ether oxygens (including phenoxy) is 1. The second-order valence-corrected chi connectivity index (χ2v) is 4.88. The molecule has 1 aliphatic heterocycles. The number of aliphatic hydroxyl groups is 1. The van der Waals surface area contributed by atoms with Crippen LogP contribution in [0.3, 0.4) is 0 Å². The van der Waals surface area contributed by atoms with Crippen LogP contribution in [0.2, 0.25) is 0 Å². The second-order valence-electron chi connectivity index (χ2n) is 4.88. The zero-order chi connectivity index (χ0) is 9.80. The van der Waals surface area contributed by atoms with Crippen molar-refractivity contribution in [2.24, 2.45) is 11.8 Å². The van der Waals surface area contributed by atoms with Crippen molar-refractivity contribution in [3.63, 3.8) is 0 Å². The summed E-state index contributed by atoms with van der Waals surface area (Å²) in [6.07, 6.45) is 8.37. The summed E-state index contributed by atoms with van der Waals surface area (Å²) in [6, 6.07) is 0. The first kappa shape index (κ1) is 10.4. The predicted molar refractivity (Wildman–Crippen MR) is 56.1 cm³/mol. The molecule has 1 saturated heterocycles. The first-order chi connectivity index (χ1) is 6.86. The van der Waals surface area contributed by atoms with Crippen LogP contribution in [0.4, 0.5) is 0 Å². The molecule has 0 aromatic rings. The summed E-state index contributed by atoms with van der Waals surface area (Å²) in [7, 11) is 0. The third-order valence-electron chi connectivity index (χ3n) is 3.87. The molecule has 0 amide bonds. The van der Waals surface area contributed by atoms with E-state index in [1.54, 1.807) is 0 Å². The molecule has 82 valence electrons. The third-order valence-corrected chi connectivity index (χ3v) is 3.87. The molecular weight excluding hydrogens is 176 g/mol. The van der Waals surface area contributed by atoms with Gasteiger partial charge in [0.05, 0.1) is 6.10 Å². The molecule has 2 fully saturated rings. The van der Waals surface area contributed by atoms with E-state index in [1.807, 2.05) is 0 Å². The van der Waals surface area contributed by atoms with E-state index < -0.39 is 0 Å². The summed E-state index contributed by atoms with van der Waals surface area (Å²) < 4.78 is 5.39. The lowest BCUT2D eigenvalue weighted by Crippen LogP contribution is -2.25. The van der Waals surface area contributed by atoms with E-state index in [0.717, 1.165) is 37.9 Å². The predicted octanol–water partition coefficient (Wildman–Crippen LogP) is 2.35. The first-order valence-corrected chi connectivity index (χ1v) is 6.12. The largest absolute Gasteiger partial charge is 0.393 e. The molecule has 2 atom stereocenters. The fraction of sp³-hybridized carbons (Fsp3) is 1.00. The first-order valence-electron chi connectivity index (χ1n) is 6.12. The maximum Gasteiger partial charge on any atom is 0.0543 e.